The summed E-state index contributed by atoms with van der Waals surface area (Å²) in [7, 11) is 0. The molecule has 0 radical (unpaired) electrons. The van der Waals surface area contributed by atoms with Crippen molar-refractivity contribution in [1.82, 2.24) is 10.6 Å². The Kier molecular flexibility index (Phi) is 2.80. The minimum absolute atomic E-state index is 0.165. The van der Waals surface area contributed by atoms with Gasteiger partial charge in [-0.05, 0) is 13.3 Å². The van der Waals surface area contributed by atoms with Gasteiger partial charge in [-0.15, -0.1) is 0 Å². The van der Waals surface area contributed by atoms with Crippen LogP contribution in [0.4, 0.5) is 13.2 Å². The third-order valence-corrected chi connectivity index (χ3v) is 1.94. The molecule has 1 aliphatic rings. The van der Waals surface area contributed by atoms with Gasteiger partial charge in [-0.1, -0.05) is 0 Å². The van der Waals surface area contributed by atoms with E-state index in [2.05, 4.69) is 5.32 Å². The summed E-state index contributed by atoms with van der Waals surface area (Å²) in [6.07, 6.45) is -4.23. The third kappa shape index (κ3) is 2.87. The molecule has 1 rings (SSSR count). The summed E-state index contributed by atoms with van der Waals surface area (Å²) >= 11 is 0. The van der Waals surface area contributed by atoms with Crippen molar-refractivity contribution >= 4 is 5.91 Å². The largest absolute Gasteiger partial charge is 0.471 e. The molecule has 76 valence electrons. The summed E-state index contributed by atoms with van der Waals surface area (Å²) < 4.78 is 35.3. The molecule has 1 heterocycles. The predicted octanol–water partition coefficient (Wildman–Crippen LogP) is 0.415. The summed E-state index contributed by atoms with van der Waals surface area (Å²) in [6.45, 7) is 2.27. The first-order chi connectivity index (χ1) is 5.89. The minimum atomic E-state index is -4.77. The van der Waals surface area contributed by atoms with E-state index < -0.39 is 18.1 Å². The number of alkyl halides is 3. The average Bonchev–Trinajstić information content (AvgIpc) is 2.33. The Labute approximate surface area is 73.7 Å². The van der Waals surface area contributed by atoms with E-state index in [1.54, 1.807) is 0 Å². The SMILES string of the molecule is C[C@@H]1C[C@@H](NC(=O)C(F)(F)F)CN1. The van der Waals surface area contributed by atoms with Gasteiger partial charge < -0.3 is 10.6 Å². The van der Waals surface area contributed by atoms with Gasteiger partial charge in [0, 0.05) is 18.6 Å². The molecule has 0 aromatic carbocycles. The van der Waals surface area contributed by atoms with Crippen LogP contribution < -0.4 is 10.6 Å². The molecule has 1 aliphatic heterocycles. The van der Waals surface area contributed by atoms with Crippen LogP contribution >= 0.6 is 0 Å². The van der Waals surface area contributed by atoms with Crippen LogP contribution in [-0.4, -0.2) is 30.7 Å². The monoisotopic (exact) mass is 196 g/mol. The van der Waals surface area contributed by atoms with Gasteiger partial charge in [0.2, 0.25) is 0 Å². The summed E-state index contributed by atoms with van der Waals surface area (Å²) in [6, 6.07) is -0.234. The summed E-state index contributed by atoms with van der Waals surface area (Å²) in [4.78, 5) is 10.5. The molecule has 0 saturated carbocycles. The Morgan fingerprint density at radius 1 is 1.54 bits per heavy atom. The number of rotatable bonds is 1. The molecular formula is C7H11F3N2O. The standard InChI is InChI=1S/C7H11F3N2O/c1-4-2-5(3-11-4)12-6(13)7(8,9)10/h4-5,11H,2-3H2,1H3,(H,12,13)/t4-,5-/m1/s1. The maximum absolute atomic E-state index is 11.8. The van der Waals surface area contributed by atoms with Gasteiger partial charge in [-0.25, -0.2) is 0 Å². The van der Waals surface area contributed by atoms with Gasteiger partial charge in [0.1, 0.15) is 0 Å². The Hall–Kier alpha value is -0.780. The fraction of sp³-hybridized carbons (Fsp3) is 0.857. The summed E-state index contributed by atoms with van der Waals surface area (Å²) in [5.41, 5.74) is 0. The molecule has 1 fully saturated rings. The van der Waals surface area contributed by atoms with Crippen molar-refractivity contribution in [3.05, 3.63) is 0 Å². The van der Waals surface area contributed by atoms with Crippen molar-refractivity contribution in [3.63, 3.8) is 0 Å². The van der Waals surface area contributed by atoms with E-state index in [-0.39, 0.29) is 6.04 Å². The second kappa shape index (κ2) is 3.53. The highest BCUT2D eigenvalue weighted by Crippen LogP contribution is 2.15. The van der Waals surface area contributed by atoms with Crippen LogP contribution in [0.25, 0.3) is 0 Å². The lowest BCUT2D eigenvalue weighted by Gasteiger charge is -2.12. The van der Waals surface area contributed by atoms with E-state index >= 15 is 0 Å². The molecule has 0 unspecified atom stereocenters. The lowest BCUT2D eigenvalue weighted by Crippen LogP contribution is -2.43. The zero-order chi connectivity index (χ0) is 10.1. The Morgan fingerprint density at radius 2 is 2.15 bits per heavy atom. The molecule has 1 saturated heterocycles. The molecule has 0 aliphatic carbocycles. The minimum Gasteiger partial charge on any atom is -0.344 e. The third-order valence-electron chi connectivity index (χ3n) is 1.94. The molecule has 0 spiro atoms. The molecule has 13 heavy (non-hydrogen) atoms. The van der Waals surface area contributed by atoms with Crippen molar-refractivity contribution in [2.45, 2.75) is 31.6 Å². The second-order valence-corrected chi connectivity index (χ2v) is 3.21. The van der Waals surface area contributed by atoms with Crippen LogP contribution in [0.5, 0.6) is 0 Å². The average molecular weight is 196 g/mol. The Morgan fingerprint density at radius 3 is 2.54 bits per heavy atom. The van der Waals surface area contributed by atoms with Crippen molar-refractivity contribution in [2.75, 3.05) is 6.54 Å². The summed E-state index contributed by atoms with van der Waals surface area (Å²) in [5, 5.41) is 4.87. The number of carbonyl (C=O) groups is 1. The molecule has 6 heteroatoms. The first kappa shape index (κ1) is 10.3. The number of nitrogens with one attached hydrogen (secondary N) is 2. The van der Waals surface area contributed by atoms with Crippen LogP contribution in [0.3, 0.4) is 0 Å². The van der Waals surface area contributed by atoms with Crippen LogP contribution in [0.1, 0.15) is 13.3 Å². The van der Waals surface area contributed by atoms with Gasteiger partial charge >= 0.3 is 12.1 Å². The van der Waals surface area contributed by atoms with Crippen LogP contribution in [0.2, 0.25) is 0 Å². The number of hydrogen-bond acceptors (Lipinski definition) is 2. The molecule has 2 N–H and O–H groups in total. The first-order valence-electron chi connectivity index (χ1n) is 4.00. The highest BCUT2D eigenvalue weighted by atomic mass is 19.4. The van der Waals surface area contributed by atoms with Crippen molar-refractivity contribution in [1.29, 1.82) is 0 Å². The van der Waals surface area contributed by atoms with E-state index in [4.69, 9.17) is 0 Å². The fourth-order valence-corrected chi connectivity index (χ4v) is 1.31. The summed E-state index contributed by atoms with van der Waals surface area (Å²) in [5.74, 6) is -1.85. The zero-order valence-corrected chi connectivity index (χ0v) is 7.11. The maximum Gasteiger partial charge on any atom is 0.471 e. The van der Waals surface area contributed by atoms with E-state index in [0.29, 0.717) is 13.0 Å². The molecule has 0 bridgehead atoms. The Bertz CT molecular complexity index is 204. The zero-order valence-electron chi connectivity index (χ0n) is 7.11. The predicted molar refractivity (Wildman–Crippen MR) is 40.1 cm³/mol. The normalized spacial score (nSPS) is 28.9. The lowest BCUT2D eigenvalue weighted by atomic mass is 10.2. The molecular weight excluding hydrogens is 185 g/mol. The number of amides is 1. The number of carbonyl (C=O) groups excluding carboxylic acids is 1. The van der Waals surface area contributed by atoms with Gasteiger partial charge in [0.25, 0.3) is 0 Å². The van der Waals surface area contributed by atoms with Crippen molar-refractivity contribution in [3.8, 4) is 0 Å². The molecule has 0 aromatic rings. The van der Waals surface area contributed by atoms with Gasteiger partial charge in [-0.3, -0.25) is 4.79 Å². The first-order valence-corrected chi connectivity index (χ1v) is 4.00. The topological polar surface area (TPSA) is 41.1 Å². The van der Waals surface area contributed by atoms with Gasteiger partial charge in [0.15, 0.2) is 0 Å². The van der Waals surface area contributed by atoms with Gasteiger partial charge in [-0.2, -0.15) is 13.2 Å². The second-order valence-electron chi connectivity index (χ2n) is 3.21. The van der Waals surface area contributed by atoms with Crippen molar-refractivity contribution in [2.24, 2.45) is 0 Å². The Balaban J connectivity index is 2.37. The van der Waals surface area contributed by atoms with Crippen LogP contribution in [0.15, 0.2) is 0 Å². The fourth-order valence-electron chi connectivity index (χ4n) is 1.31. The quantitative estimate of drug-likeness (QED) is 0.638. The number of halogens is 3. The highest BCUT2D eigenvalue weighted by molar-refractivity contribution is 5.81. The van der Waals surface area contributed by atoms with E-state index in [9.17, 15) is 18.0 Å². The lowest BCUT2D eigenvalue weighted by molar-refractivity contribution is -0.174. The van der Waals surface area contributed by atoms with E-state index in [1.165, 1.54) is 0 Å². The van der Waals surface area contributed by atoms with Gasteiger partial charge in [0.05, 0.1) is 0 Å². The van der Waals surface area contributed by atoms with E-state index in [1.807, 2.05) is 12.2 Å². The number of hydrogen-bond donors (Lipinski definition) is 2. The molecule has 0 aromatic heterocycles. The molecule has 2 atom stereocenters. The molecule has 1 amide bonds. The molecule has 3 nitrogen and oxygen atoms in total. The van der Waals surface area contributed by atoms with Crippen molar-refractivity contribution < 1.29 is 18.0 Å². The maximum atomic E-state index is 11.8. The highest BCUT2D eigenvalue weighted by Gasteiger charge is 2.40. The van der Waals surface area contributed by atoms with E-state index in [0.717, 1.165) is 0 Å². The van der Waals surface area contributed by atoms with Crippen LogP contribution in [0, 0.1) is 0 Å². The smallest absolute Gasteiger partial charge is 0.344 e. The van der Waals surface area contributed by atoms with Crippen LogP contribution in [-0.2, 0) is 4.79 Å².